The van der Waals surface area contributed by atoms with Crippen molar-refractivity contribution >= 4 is 44.2 Å². The van der Waals surface area contributed by atoms with Crippen LogP contribution in [0.2, 0.25) is 0 Å². The van der Waals surface area contributed by atoms with Crippen LogP contribution in [-0.2, 0) is 11.2 Å². The molecule has 4 aromatic rings. The predicted octanol–water partition coefficient (Wildman–Crippen LogP) is 3.53. The van der Waals surface area contributed by atoms with Crippen molar-refractivity contribution in [2.45, 2.75) is 11.6 Å². The van der Waals surface area contributed by atoms with Gasteiger partial charge in [0, 0.05) is 6.54 Å². The number of para-hydroxylation sites is 1. The predicted molar refractivity (Wildman–Crippen MR) is 102 cm³/mol. The Kier molecular flexibility index (Phi) is 4.85. The number of halogens is 1. The molecule has 2 aromatic carbocycles. The van der Waals surface area contributed by atoms with Crippen molar-refractivity contribution < 1.29 is 9.18 Å². The summed E-state index contributed by atoms with van der Waals surface area (Å²) in [4.78, 5) is 12.9. The summed E-state index contributed by atoms with van der Waals surface area (Å²) in [6.07, 6.45) is 0.668. The second-order valence-electron chi connectivity index (χ2n) is 5.69. The normalized spacial score (nSPS) is 11.3. The monoisotopic (exact) mass is 386 g/mol. The molecule has 0 saturated heterocycles. The number of fused-ring (bicyclic) bond motifs is 3. The van der Waals surface area contributed by atoms with Crippen LogP contribution in [0.3, 0.4) is 0 Å². The van der Waals surface area contributed by atoms with Crippen LogP contribution >= 0.6 is 23.1 Å². The lowest BCUT2D eigenvalue weighted by Crippen LogP contribution is -2.27. The average molecular weight is 386 g/mol. The third-order valence-electron chi connectivity index (χ3n) is 3.89. The second kappa shape index (κ2) is 7.43. The molecule has 2 heterocycles. The summed E-state index contributed by atoms with van der Waals surface area (Å²) < 4.78 is 16.0. The van der Waals surface area contributed by atoms with E-state index in [1.807, 2.05) is 28.7 Å². The number of rotatable bonds is 6. The van der Waals surface area contributed by atoms with E-state index in [0.717, 1.165) is 20.7 Å². The van der Waals surface area contributed by atoms with E-state index in [1.165, 1.54) is 23.9 Å². The summed E-state index contributed by atoms with van der Waals surface area (Å²) in [6, 6.07) is 14.3. The molecule has 0 fully saturated rings. The molecular weight excluding hydrogens is 371 g/mol. The maximum Gasteiger partial charge on any atom is 0.230 e. The summed E-state index contributed by atoms with van der Waals surface area (Å²) >= 11 is 2.94. The summed E-state index contributed by atoms with van der Waals surface area (Å²) in [6.45, 7) is 0.516. The number of carbonyl (C=O) groups excluding carboxylic acids is 1. The number of nitrogens with one attached hydrogen (secondary N) is 1. The van der Waals surface area contributed by atoms with Gasteiger partial charge in [0.25, 0.3) is 0 Å². The maximum atomic E-state index is 12.9. The van der Waals surface area contributed by atoms with Gasteiger partial charge >= 0.3 is 0 Å². The lowest BCUT2D eigenvalue weighted by molar-refractivity contribution is -0.118. The molecular formula is C18H15FN4OS2. The van der Waals surface area contributed by atoms with Crippen LogP contribution in [-0.4, -0.2) is 32.8 Å². The van der Waals surface area contributed by atoms with Crippen LogP contribution in [0.4, 0.5) is 4.39 Å². The Balaban J connectivity index is 1.34. The Morgan fingerprint density at radius 3 is 2.81 bits per heavy atom. The lowest BCUT2D eigenvalue weighted by Gasteiger charge is -2.05. The summed E-state index contributed by atoms with van der Waals surface area (Å²) in [5, 5.41) is 12.0. The molecule has 0 unspecified atom stereocenters. The number of thioether (sulfide) groups is 1. The summed E-state index contributed by atoms with van der Waals surface area (Å²) in [7, 11) is 0. The fourth-order valence-corrected chi connectivity index (χ4v) is 4.42. The molecule has 0 aliphatic rings. The molecule has 0 radical (unpaired) electrons. The van der Waals surface area contributed by atoms with Crippen molar-refractivity contribution in [1.82, 2.24) is 19.9 Å². The smallest absolute Gasteiger partial charge is 0.230 e. The Labute approximate surface area is 157 Å². The van der Waals surface area contributed by atoms with Crippen molar-refractivity contribution in [3.05, 3.63) is 59.9 Å². The number of carbonyl (C=O) groups is 1. The molecule has 26 heavy (non-hydrogen) atoms. The van der Waals surface area contributed by atoms with Gasteiger partial charge in [-0.1, -0.05) is 47.4 Å². The highest BCUT2D eigenvalue weighted by atomic mass is 32.2. The van der Waals surface area contributed by atoms with Crippen LogP contribution in [0.15, 0.2) is 53.7 Å². The number of thiazole rings is 1. The number of aromatic nitrogens is 3. The van der Waals surface area contributed by atoms with Crippen LogP contribution in [0.5, 0.6) is 0 Å². The first-order chi connectivity index (χ1) is 12.7. The van der Waals surface area contributed by atoms with Crippen molar-refractivity contribution in [2.75, 3.05) is 12.3 Å². The largest absolute Gasteiger partial charge is 0.355 e. The van der Waals surface area contributed by atoms with Crippen molar-refractivity contribution in [2.24, 2.45) is 0 Å². The Bertz CT molecular complexity index is 1060. The Hall–Kier alpha value is -2.45. The average Bonchev–Trinajstić information content (AvgIpc) is 3.21. The highest BCUT2D eigenvalue weighted by Gasteiger charge is 2.13. The van der Waals surface area contributed by atoms with Gasteiger partial charge in [0.05, 0.1) is 16.0 Å². The van der Waals surface area contributed by atoms with Crippen molar-refractivity contribution in [3.8, 4) is 0 Å². The van der Waals surface area contributed by atoms with Gasteiger partial charge in [0.2, 0.25) is 10.9 Å². The minimum absolute atomic E-state index is 0.0617. The highest BCUT2D eigenvalue weighted by molar-refractivity contribution is 7.99. The second-order valence-corrected chi connectivity index (χ2v) is 7.64. The SMILES string of the molecule is O=C(CSc1nnc2sc3ccccc3n12)NCCc1ccc(F)cc1. The third kappa shape index (κ3) is 3.56. The van der Waals surface area contributed by atoms with E-state index in [2.05, 4.69) is 15.5 Å². The third-order valence-corrected chi connectivity index (χ3v) is 5.83. The Morgan fingerprint density at radius 1 is 1.15 bits per heavy atom. The van der Waals surface area contributed by atoms with Gasteiger partial charge in [-0.3, -0.25) is 9.20 Å². The fourth-order valence-electron chi connectivity index (χ4n) is 2.63. The van der Waals surface area contributed by atoms with Crippen LogP contribution in [0.25, 0.3) is 15.2 Å². The molecule has 0 bridgehead atoms. The van der Waals surface area contributed by atoms with Crippen LogP contribution < -0.4 is 5.32 Å². The minimum atomic E-state index is -0.255. The van der Waals surface area contributed by atoms with Crippen LogP contribution in [0.1, 0.15) is 5.56 Å². The van der Waals surface area contributed by atoms with Gasteiger partial charge in [-0.2, -0.15) is 0 Å². The molecule has 0 atom stereocenters. The van der Waals surface area contributed by atoms with Gasteiger partial charge < -0.3 is 5.32 Å². The number of hydrogen-bond acceptors (Lipinski definition) is 5. The minimum Gasteiger partial charge on any atom is -0.355 e. The zero-order valence-corrected chi connectivity index (χ0v) is 15.3. The first kappa shape index (κ1) is 17.0. The van der Waals surface area contributed by atoms with Gasteiger partial charge in [-0.05, 0) is 36.2 Å². The quantitative estimate of drug-likeness (QED) is 0.515. The van der Waals surface area contributed by atoms with E-state index in [-0.39, 0.29) is 17.5 Å². The molecule has 4 rings (SSSR count). The van der Waals surface area contributed by atoms with Gasteiger partial charge in [0.1, 0.15) is 5.82 Å². The molecule has 0 aliphatic carbocycles. The maximum absolute atomic E-state index is 12.9. The van der Waals surface area contributed by atoms with E-state index >= 15 is 0 Å². The molecule has 8 heteroatoms. The number of nitrogens with zero attached hydrogens (tertiary/aromatic N) is 3. The lowest BCUT2D eigenvalue weighted by atomic mass is 10.1. The molecule has 2 aromatic heterocycles. The Morgan fingerprint density at radius 2 is 1.96 bits per heavy atom. The van der Waals surface area contributed by atoms with E-state index in [4.69, 9.17) is 0 Å². The molecule has 5 nitrogen and oxygen atoms in total. The van der Waals surface area contributed by atoms with Gasteiger partial charge in [0.15, 0.2) is 5.16 Å². The molecule has 0 aliphatic heterocycles. The number of amides is 1. The molecule has 1 N–H and O–H groups in total. The van der Waals surface area contributed by atoms with E-state index in [1.54, 1.807) is 23.5 Å². The van der Waals surface area contributed by atoms with Crippen molar-refractivity contribution in [3.63, 3.8) is 0 Å². The molecule has 0 saturated carbocycles. The molecule has 1 amide bonds. The van der Waals surface area contributed by atoms with E-state index in [9.17, 15) is 9.18 Å². The topological polar surface area (TPSA) is 59.3 Å². The fraction of sp³-hybridized carbons (Fsp3) is 0.167. The highest BCUT2D eigenvalue weighted by Crippen LogP contribution is 2.29. The van der Waals surface area contributed by atoms with Gasteiger partial charge in [-0.15, -0.1) is 10.2 Å². The first-order valence-electron chi connectivity index (χ1n) is 8.07. The van der Waals surface area contributed by atoms with Gasteiger partial charge in [-0.25, -0.2) is 4.39 Å². The summed E-state index contributed by atoms with van der Waals surface area (Å²) in [5.74, 6) is -0.0443. The van der Waals surface area contributed by atoms with Crippen molar-refractivity contribution in [1.29, 1.82) is 0 Å². The van der Waals surface area contributed by atoms with E-state index < -0.39 is 0 Å². The molecule has 132 valence electrons. The van der Waals surface area contributed by atoms with E-state index in [0.29, 0.717) is 18.1 Å². The first-order valence-corrected chi connectivity index (χ1v) is 9.87. The zero-order chi connectivity index (χ0) is 17.9. The summed E-state index contributed by atoms with van der Waals surface area (Å²) in [5.41, 5.74) is 2.04. The molecule has 0 spiro atoms. The number of hydrogen-bond donors (Lipinski definition) is 1. The van der Waals surface area contributed by atoms with Crippen LogP contribution in [0, 0.1) is 5.82 Å². The standard InChI is InChI=1S/C18H15FN4OS2/c19-13-7-5-12(6-8-13)9-10-20-16(24)11-25-17-21-22-18-23(17)14-3-1-2-4-15(14)26-18/h1-8H,9-11H2,(H,20,24). The zero-order valence-electron chi connectivity index (χ0n) is 13.7. The number of benzene rings is 2.